The summed E-state index contributed by atoms with van der Waals surface area (Å²) >= 11 is 0. The summed E-state index contributed by atoms with van der Waals surface area (Å²) in [4.78, 5) is 19.6. The Labute approximate surface area is 56.9 Å². The van der Waals surface area contributed by atoms with E-state index in [0.29, 0.717) is 0 Å². The molecule has 0 aliphatic heterocycles. The first-order chi connectivity index (χ1) is 4.87. The molecule has 0 aliphatic carbocycles. The minimum Gasteiger partial charge on any atom is -0.211 e. The Hall–Kier alpha value is -1.30. The average Bonchev–Trinajstić information content (AvgIpc) is 1.87. The lowest BCUT2D eigenvalue weighted by Crippen LogP contribution is -2.36. The van der Waals surface area contributed by atoms with Gasteiger partial charge in [-0.05, 0) is 0 Å². The summed E-state index contributed by atoms with van der Waals surface area (Å²) in [7, 11) is 0. The van der Waals surface area contributed by atoms with Crippen LogP contribution in [0.1, 0.15) is 0 Å². The fraction of sp³-hybridized carbons (Fsp3) is 0.667. The average molecular weight is 172 g/mol. The molecule has 0 bridgehead atoms. The lowest BCUT2D eigenvalue weighted by Gasteiger charge is -2.12. The van der Waals surface area contributed by atoms with Crippen LogP contribution in [-0.2, 0) is 4.79 Å². The molecule has 0 N–H and O–H groups in total. The maximum atomic E-state index is 11.7. The van der Waals surface area contributed by atoms with Crippen LogP contribution < -0.4 is 0 Å². The monoisotopic (exact) mass is 172 g/mol. The van der Waals surface area contributed by atoms with Crippen LogP contribution in [0.3, 0.4) is 0 Å². The molecule has 0 spiro atoms. The smallest absolute Gasteiger partial charge is 0.211 e. The third-order valence-electron chi connectivity index (χ3n) is 0.663. The number of aliphatic imine (C=N–C) groups is 1. The molecule has 0 rings (SSSR count). The fourth-order valence-corrected chi connectivity index (χ4v) is 0.179. The number of carbonyl (C=O) groups excluding carboxylic acids is 1. The Balaban J connectivity index is 4.80. The van der Waals surface area contributed by atoms with Crippen LogP contribution in [0.15, 0.2) is 10.2 Å². The Bertz CT molecular complexity index is 209. The van der Waals surface area contributed by atoms with E-state index in [-0.39, 0.29) is 6.08 Å². The van der Waals surface area contributed by atoms with Crippen LogP contribution in [0, 0.1) is 4.91 Å². The molecule has 0 saturated heterocycles. The number of isocyanates is 1. The molecule has 0 aromatic carbocycles. The molecule has 0 unspecified atom stereocenters. The highest BCUT2D eigenvalue weighted by Crippen LogP contribution is 2.35. The van der Waals surface area contributed by atoms with Crippen molar-refractivity contribution in [3.05, 3.63) is 4.91 Å². The summed E-state index contributed by atoms with van der Waals surface area (Å²) in [5, 5.41) is 0.805. The van der Waals surface area contributed by atoms with Gasteiger partial charge in [0.05, 0.1) is 0 Å². The van der Waals surface area contributed by atoms with Crippen LogP contribution in [0.2, 0.25) is 0 Å². The van der Waals surface area contributed by atoms with Gasteiger partial charge in [0.25, 0.3) is 0 Å². The number of hydrogen-bond acceptors (Lipinski definition) is 4. The van der Waals surface area contributed by atoms with Gasteiger partial charge < -0.3 is 0 Å². The summed E-state index contributed by atoms with van der Waals surface area (Å²) < 4.78 is 46.7. The van der Waals surface area contributed by atoms with Gasteiger partial charge in [0.1, 0.15) is 0 Å². The van der Waals surface area contributed by atoms with Crippen LogP contribution in [0.4, 0.5) is 17.6 Å². The molecule has 0 radical (unpaired) electrons. The molecule has 0 heterocycles. The zero-order chi connectivity index (χ0) is 9.12. The van der Waals surface area contributed by atoms with Crippen molar-refractivity contribution in [2.45, 2.75) is 12.1 Å². The second-order valence-corrected chi connectivity index (χ2v) is 1.38. The fourth-order valence-electron chi connectivity index (χ4n) is 0.179. The van der Waals surface area contributed by atoms with E-state index in [1.807, 2.05) is 0 Å². The van der Waals surface area contributed by atoms with Gasteiger partial charge in [-0.3, -0.25) is 0 Å². The van der Waals surface area contributed by atoms with Gasteiger partial charge in [-0.25, -0.2) is 4.79 Å². The van der Waals surface area contributed by atoms with E-state index in [2.05, 4.69) is 0 Å². The number of rotatable bonds is 3. The second-order valence-electron chi connectivity index (χ2n) is 1.38. The Kier molecular flexibility index (Phi) is 2.42. The standard InChI is InChI=1S/C3F4N2O2/c4-2(5,8-1-10)3(6,7)9-11. The SMILES string of the molecule is O=C=NC(F)(F)C(F)(F)N=O. The maximum absolute atomic E-state index is 11.7. The minimum absolute atomic E-state index is 0.195. The molecule has 11 heavy (non-hydrogen) atoms. The summed E-state index contributed by atoms with van der Waals surface area (Å²) in [5.41, 5.74) is 0. The topological polar surface area (TPSA) is 58.9 Å². The van der Waals surface area contributed by atoms with E-state index in [9.17, 15) is 17.6 Å². The summed E-state index contributed by atoms with van der Waals surface area (Å²) in [6.07, 6.45) is 0.195. The maximum Gasteiger partial charge on any atom is 0.463 e. The number of alkyl halides is 4. The summed E-state index contributed by atoms with van der Waals surface area (Å²) in [6.45, 7) is 0. The molecular weight excluding hydrogens is 172 g/mol. The van der Waals surface area contributed by atoms with Gasteiger partial charge in [0, 0.05) is 5.18 Å². The van der Waals surface area contributed by atoms with Gasteiger partial charge in [-0.2, -0.15) is 17.6 Å². The van der Waals surface area contributed by atoms with E-state index >= 15 is 0 Å². The molecule has 0 fully saturated rings. The first-order valence-corrected chi connectivity index (χ1v) is 2.06. The molecule has 8 heteroatoms. The Morgan fingerprint density at radius 3 is 1.82 bits per heavy atom. The Morgan fingerprint density at radius 2 is 1.55 bits per heavy atom. The van der Waals surface area contributed by atoms with Crippen molar-refractivity contribution in [2.75, 3.05) is 0 Å². The number of halogens is 4. The third kappa shape index (κ3) is 1.81. The van der Waals surface area contributed by atoms with Crippen molar-refractivity contribution in [3.63, 3.8) is 0 Å². The van der Waals surface area contributed by atoms with Gasteiger partial charge in [0.15, 0.2) is 0 Å². The van der Waals surface area contributed by atoms with Crippen LogP contribution in [-0.4, -0.2) is 18.2 Å². The van der Waals surface area contributed by atoms with Crippen molar-refractivity contribution in [3.8, 4) is 0 Å². The largest absolute Gasteiger partial charge is 0.463 e. The predicted molar refractivity (Wildman–Crippen MR) is 23.8 cm³/mol. The van der Waals surface area contributed by atoms with Gasteiger partial charge in [-0.15, -0.1) is 9.90 Å². The van der Waals surface area contributed by atoms with E-state index in [0.717, 1.165) is 5.18 Å². The highest BCUT2D eigenvalue weighted by Gasteiger charge is 2.59. The first-order valence-electron chi connectivity index (χ1n) is 2.06. The molecule has 62 valence electrons. The van der Waals surface area contributed by atoms with Crippen molar-refractivity contribution >= 4 is 6.08 Å². The highest BCUT2D eigenvalue weighted by molar-refractivity contribution is 5.34. The lowest BCUT2D eigenvalue weighted by molar-refractivity contribution is -0.198. The molecule has 0 aromatic rings. The highest BCUT2D eigenvalue weighted by atomic mass is 19.3. The molecule has 4 nitrogen and oxygen atoms in total. The number of hydrogen-bond donors (Lipinski definition) is 0. The van der Waals surface area contributed by atoms with Gasteiger partial charge in [-0.1, -0.05) is 0 Å². The predicted octanol–water partition coefficient (Wildman–Crippen LogP) is 1.27. The van der Waals surface area contributed by atoms with Crippen molar-refractivity contribution in [2.24, 2.45) is 10.2 Å². The van der Waals surface area contributed by atoms with E-state index in [4.69, 9.17) is 9.70 Å². The summed E-state index contributed by atoms with van der Waals surface area (Å²) in [6, 6.07) is -10.3. The summed E-state index contributed by atoms with van der Waals surface area (Å²) in [5.74, 6) is 0. The van der Waals surface area contributed by atoms with Crippen molar-refractivity contribution < 1.29 is 22.4 Å². The van der Waals surface area contributed by atoms with Crippen LogP contribution in [0.5, 0.6) is 0 Å². The minimum atomic E-state index is -5.20. The number of nitroso groups, excluding NO2 is 1. The van der Waals surface area contributed by atoms with E-state index in [1.165, 1.54) is 4.99 Å². The first kappa shape index (κ1) is 9.70. The zero-order valence-corrected chi connectivity index (χ0v) is 4.72. The normalized spacial score (nSPS) is 12.0. The van der Waals surface area contributed by atoms with Crippen molar-refractivity contribution in [1.82, 2.24) is 0 Å². The van der Waals surface area contributed by atoms with Gasteiger partial charge >= 0.3 is 12.1 Å². The second kappa shape index (κ2) is 2.75. The van der Waals surface area contributed by atoms with Crippen LogP contribution >= 0.6 is 0 Å². The van der Waals surface area contributed by atoms with E-state index in [1.54, 1.807) is 0 Å². The van der Waals surface area contributed by atoms with Gasteiger partial charge in [0.2, 0.25) is 6.08 Å². The molecular formula is C3F4N2O2. The molecule has 0 atom stereocenters. The molecule has 0 aliphatic rings. The zero-order valence-electron chi connectivity index (χ0n) is 4.72. The lowest BCUT2D eigenvalue weighted by atomic mass is 10.5. The molecule has 0 amide bonds. The molecule has 0 saturated carbocycles. The third-order valence-corrected chi connectivity index (χ3v) is 0.663. The van der Waals surface area contributed by atoms with Crippen LogP contribution in [0.25, 0.3) is 0 Å². The molecule has 0 aromatic heterocycles. The number of nitrogens with zero attached hydrogens (tertiary/aromatic N) is 2. The van der Waals surface area contributed by atoms with E-state index < -0.39 is 12.1 Å². The Morgan fingerprint density at radius 1 is 1.09 bits per heavy atom. The quantitative estimate of drug-likeness (QED) is 0.211. The van der Waals surface area contributed by atoms with Crippen molar-refractivity contribution in [1.29, 1.82) is 0 Å².